The lowest BCUT2D eigenvalue weighted by Gasteiger charge is -2.09. The van der Waals surface area contributed by atoms with Gasteiger partial charge in [0.15, 0.2) is 0 Å². The van der Waals surface area contributed by atoms with Crippen LogP contribution in [0.1, 0.15) is 21.5 Å². The Kier molecular flexibility index (Phi) is 6.36. The number of carbonyl (C=O) groups is 2. The van der Waals surface area contributed by atoms with Crippen LogP contribution in [0.2, 0.25) is 0 Å². The fourth-order valence-corrected chi connectivity index (χ4v) is 2.51. The summed E-state index contributed by atoms with van der Waals surface area (Å²) < 4.78 is 18.8. The highest BCUT2D eigenvalue weighted by Crippen LogP contribution is 2.12. The van der Waals surface area contributed by atoms with Crippen molar-refractivity contribution in [2.24, 2.45) is 0 Å². The van der Waals surface area contributed by atoms with Crippen molar-refractivity contribution in [3.05, 3.63) is 101 Å². The number of ether oxygens (including phenoxy) is 1. The molecule has 3 aromatic rings. The summed E-state index contributed by atoms with van der Waals surface area (Å²) in [5.41, 5.74) is 6.50. The van der Waals surface area contributed by atoms with E-state index in [9.17, 15) is 14.0 Å². The van der Waals surface area contributed by atoms with Crippen LogP contribution in [-0.4, -0.2) is 11.8 Å². The molecular weight excluding hydrogens is 359 g/mol. The first-order chi connectivity index (χ1) is 13.6. The van der Waals surface area contributed by atoms with Gasteiger partial charge in [-0.05, 0) is 47.5 Å². The van der Waals surface area contributed by atoms with Crippen molar-refractivity contribution in [1.82, 2.24) is 10.9 Å². The van der Waals surface area contributed by atoms with Gasteiger partial charge in [-0.25, -0.2) is 4.39 Å². The number of hydrazine groups is 1. The summed E-state index contributed by atoms with van der Waals surface area (Å²) in [6.45, 7) is 0.385. The summed E-state index contributed by atoms with van der Waals surface area (Å²) in [5, 5.41) is 0. The molecule has 0 bridgehead atoms. The zero-order valence-corrected chi connectivity index (χ0v) is 15.0. The van der Waals surface area contributed by atoms with Gasteiger partial charge in [-0.15, -0.1) is 0 Å². The highest BCUT2D eigenvalue weighted by atomic mass is 19.1. The molecule has 0 fully saturated rings. The van der Waals surface area contributed by atoms with Crippen molar-refractivity contribution in [2.45, 2.75) is 13.0 Å². The maximum absolute atomic E-state index is 13.1. The van der Waals surface area contributed by atoms with Gasteiger partial charge in [0.2, 0.25) is 5.91 Å². The summed E-state index contributed by atoms with van der Waals surface area (Å²) in [6, 6.07) is 22.1. The van der Waals surface area contributed by atoms with E-state index in [1.165, 1.54) is 18.2 Å². The van der Waals surface area contributed by atoms with E-state index < -0.39 is 17.6 Å². The number of para-hydroxylation sites is 1. The van der Waals surface area contributed by atoms with Crippen LogP contribution in [0.5, 0.6) is 5.75 Å². The monoisotopic (exact) mass is 378 g/mol. The molecule has 0 aliphatic heterocycles. The van der Waals surface area contributed by atoms with Crippen LogP contribution >= 0.6 is 0 Å². The fraction of sp³-hybridized carbons (Fsp3) is 0.0909. The Labute approximate surface area is 162 Å². The number of amides is 2. The second kappa shape index (κ2) is 9.32. The molecular formula is C22H19FN2O3. The van der Waals surface area contributed by atoms with Crippen LogP contribution in [-0.2, 0) is 17.8 Å². The minimum Gasteiger partial charge on any atom is -0.489 e. The number of nitrogens with one attached hydrogen (secondary N) is 2. The van der Waals surface area contributed by atoms with Crippen LogP contribution in [0.4, 0.5) is 4.39 Å². The minimum absolute atomic E-state index is 0.0339. The largest absolute Gasteiger partial charge is 0.489 e. The summed E-state index contributed by atoms with van der Waals surface area (Å²) in [5.74, 6) is -0.522. The van der Waals surface area contributed by atoms with Gasteiger partial charge < -0.3 is 4.74 Å². The van der Waals surface area contributed by atoms with E-state index in [0.29, 0.717) is 17.7 Å². The maximum Gasteiger partial charge on any atom is 0.269 e. The van der Waals surface area contributed by atoms with E-state index in [4.69, 9.17) is 4.74 Å². The van der Waals surface area contributed by atoms with E-state index in [1.807, 2.05) is 30.3 Å². The van der Waals surface area contributed by atoms with Gasteiger partial charge in [-0.2, -0.15) is 0 Å². The van der Waals surface area contributed by atoms with E-state index in [0.717, 1.165) is 11.3 Å². The van der Waals surface area contributed by atoms with Gasteiger partial charge in [0.05, 0.1) is 6.42 Å². The molecule has 3 aromatic carbocycles. The maximum atomic E-state index is 13.1. The predicted octanol–water partition coefficient (Wildman–Crippen LogP) is 3.41. The van der Waals surface area contributed by atoms with Gasteiger partial charge in [0.25, 0.3) is 5.91 Å². The third kappa shape index (κ3) is 5.67. The zero-order chi connectivity index (χ0) is 19.8. The van der Waals surface area contributed by atoms with Gasteiger partial charge in [-0.3, -0.25) is 20.4 Å². The van der Waals surface area contributed by atoms with Crippen molar-refractivity contribution >= 4 is 11.8 Å². The molecule has 0 aromatic heterocycles. The van der Waals surface area contributed by atoms with Crippen LogP contribution in [0, 0.1) is 5.82 Å². The molecule has 2 amide bonds. The molecule has 142 valence electrons. The molecule has 6 heteroatoms. The lowest BCUT2D eigenvalue weighted by atomic mass is 10.1. The quantitative estimate of drug-likeness (QED) is 0.646. The average molecular weight is 378 g/mol. The Balaban J connectivity index is 1.47. The smallest absolute Gasteiger partial charge is 0.269 e. The van der Waals surface area contributed by atoms with E-state index >= 15 is 0 Å². The summed E-state index contributed by atoms with van der Waals surface area (Å²) in [4.78, 5) is 24.0. The van der Waals surface area contributed by atoms with Crippen molar-refractivity contribution in [3.8, 4) is 5.75 Å². The molecule has 28 heavy (non-hydrogen) atoms. The molecule has 0 aliphatic carbocycles. The molecule has 0 spiro atoms. The molecule has 0 heterocycles. The fourth-order valence-electron chi connectivity index (χ4n) is 2.51. The van der Waals surface area contributed by atoms with Crippen LogP contribution < -0.4 is 15.6 Å². The number of benzene rings is 3. The van der Waals surface area contributed by atoms with E-state index in [-0.39, 0.29) is 6.42 Å². The Morgan fingerprint density at radius 2 is 1.57 bits per heavy atom. The molecule has 2 N–H and O–H groups in total. The molecule has 0 unspecified atom stereocenters. The third-order valence-corrected chi connectivity index (χ3v) is 3.93. The second-order valence-corrected chi connectivity index (χ2v) is 6.11. The Hall–Kier alpha value is -3.67. The Morgan fingerprint density at radius 1 is 0.821 bits per heavy atom. The highest BCUT2D eigenvalue weighted by molar-refractivity contribution is 5.95. The number of hydrogen-bond acceptors (Lipinski definition) is 3. The third-order valence-electron chi connectivity index (χ3n) is 3.93. The lowest BCUT2D eigenvalue weighted by molar-refractivity contribution is -0.121. The first kappa shape index (κ1) is 19.1. The number of hydrogen-bond donors (Lipinski definition) is 2. The summed E-state index contributed by atoms with van der Waals surface area (Å²) in [7, 11) is 0. The van der Waals surface area contributed by atoms with Gasteiger partial charge in [0.1, 0.15) is 18.2 Å². The van der Waals surface area contributed by atoms with Crippen molar-refractivity contribution in [3.63, 3.8) is 0 Å². The van der Waals surface area contributed by atoms with Crippen molar-refractivity contribution < 1.29 is 18.7 Å². The van der Waals surface area contributed by atoms with Crippen LogP contribution in [0.15, 0.2) is 78.9 Å². The first-order valence-corrected chi connectivity index (χ1v) is 8.70. The molecule has 5 nitrogen and oxygen atoms in total. The molecule has 0 radical (unpaired) electrons. The summed E-state index contributed by atoms with van der Waals surface area (Å²) in [6.07, 6.45) is -0.0339. The van der Waals surface area contributed by atoms with Gasteiger partial charge in [-0.1, -0.05) is 42.5 Å². The SMILES string of the molecule is O=C(Cc1cccc(F)c1)NNC(=O)c1ccc(COc2ccccc2)cc1. The molecule has 0 atom stereocenters. The van der Waals surface area contributed by atoms with Crippen LogP contribution in [0.25, 0.3) is 0 Å². The predicted molar refractivity (Wildman–Crippen MR) is 103 cm³/mol. The summed E-state index contributed by atoms with van der Waals surface area (Å²) >= 11 is 0. The van der Waals surface area contributed by atoms with E-state index in [2.05, 4.69) is 10.9 Å². The second-order valence-electron chi connectivity index (χ2n) is 6.11. The average Bonchev–Trinajstić information content (AvgIpc) is 2.72. The molecule has 3 rings (SSSR count). The van der Waals surface area contributed by atoms with E-state index in [1.54, 1.807) is 30.3 Å². The minimum atomic E-state index is -0.442. The molecule has 0 aliphatic rings. The zero-order valence-electron chi connectivity index (χ0n) is 15.0. The van der Waals surface area contributed by atoms with Crippen LogP contribution in [0.3, 0.4) is 0 Å². The molecule has 0 saturated heterocycles. The highest BCUT2D eigenvalue weighted by Gasteiger charge is 2.09. The number of halogens is 1. The molecule has 0 saturated carbocycles. The topological polar surface area (TPSA) is 67.4 Å². The Morgan fingerprint density at radius 3 is 2.29 bits per heavy atom. The number of rotatable bonds is 6. The van der Waals surface area contributed by atoms with Gasteiger partial charge in [0, 0.05) is 5.56 Å². The van der Waals surface area contributed by atoms with Crippen molar-refractivity contribution in [1.29, 1.82) is 0 Å². The first-order valence-electron chi connectivity index (χ1n) is 8.70. The lowest BCUT2D eigenvalue weighted by Crippen LogP contribution is -2.42. The van der Waals surface area contributed by atoms with Crippen molar-refractivity contribution in [2.75, 3.05) is 0 Å². The van der Waals surface area contributed by atoms with Gasteiger partial charge >= 0.3 is 0 Å². The Bertz CT molecular complexity index is 944. The normalized spacial score (nSPS) is 10.2. The number of carbonyl (C=O) groups excluding carboxylic acids is 2. The standard InChI is InChI=1S/C22H19FN2O3/c23-19-6-4-5-17(13-19)14-21(26)24-25-22(27)18-11-9-16(10-12-18)15-28-20-7-2-1-3-8-20/h1-13H,14-15H2,(H,24,26)(H,25,27).